The molecular weight excluding hydrogens is 261 g/mol. The fourth-order valence-electron chi connectivity index (χ4n) is 4.62. The van der Waals surface area contributed by atoms with Crippen molar-refractivity contribution < 1.29 is 4.39 Å². The van der Waals surface area contributed by atoms with Crippen LogP contribution in [0.2, 0.25) is 0 Å². The van der Waals surface area contributed by atoms with E-state index in [0.717, 1.165) is 36.3 Å². The first-order valence-electron chi connectivity index (χ1n) is 8.65. The van der Waals surface area contributed by atoms with E-state index in [4.69, 9.17) is 0 Å². The average molecular weight is 289 g/mol. The molecule has 1 N–H and O–H groups in total. The summed E-state index contributed by atoms with van der Waals surface area (Å²) in [7, 11) is 0. The molecule has 2 fully saturated rings. The summed E-state index contributed by atoms with van der Waals surface area (Å²) in [5, 5.41) is 3.79. The van der Waals surface area contributed by atoms with Gasteiger partial charge in [0, 0.05) is 6.04 Å². The molecule has 0 amide bonds. The van der Waals surface area contributed by atoms with Crippen molar-refractivity contribution in [2.45, 2.75) is 58.4 Å². The van der Waals surface area contributed by atoms with E-state index in [1.807, 2.05) is 13.0 Å². The summed E-state index contributed by atoms with van der Waals surface area (Å²) in [4.78, 5) is 0. The number of nitrogens with one attached hydrogen (secondary N) is 1. The maximum Gasteiger partial charge on any atom is 0.123 e. The molecule has 0 heterocycles. The number of benzene rings is 1. The Morgan fingerprint density at radius 2 is 2.14 bits per heavy atom. The fraction of sp³-hybridized carbons (Fsp3) is 0.684. The Kier molecular flexibility index (Phi) is 4.63. The second-order valence-electron chi connectivity index (χ2n) is 7.17. The Morgan fingerprint density at radius 3 is 2.76 bits per heavy atom. The highest BCUT2D eigenvalue weighted by Crippen LogP contribution is 2.50. The molecule has 4 unspecified atom stereocenters. The zero-order valence-electron chi connectivity index (χ0n) is 13.4. The third-order valence-electron chi connectivity index (χ3n) is 5.71. The SMILES string of the molecule is CCCNC(Cc1ccc(F)cc1C)C1CC2CCC1C2. The molecule has 2 saturated carbocycles. The molecule has 2 heteroatoms. The highest BCUT2D eigenvalue weighted by Gasteiger charge is 2.42. The molecule has 2 bridgehead atoms. The smallest absolute Gasteiger partial charge is 0.123 e. The Morgan fingerprint density at radius 1 is 1.29 bits per heavy atom. The van der Waals surface area contributed by atoms with Crippen molar-refractivity contribution in [2.75, 3.05) is 6.54 Å². The van der Waals surface area contributed by atoms with Crippen molar-refractivity contribution in [3.05, 3.63) is 35.1 Å². The van der Waals surface area contributed by atoms with Crippen molar-refractivity contribution in [2.24, 2.45) is 17.8 Å². The zero-order chi connectivity index (χ0) is 14.8. The average Bonchev–Trinajstić information content (AvgIpc) is 3.08. The summed E-state index contributed by atoms with van der Waals surface area (Å²) >= 11 is 0. The van der Waals surface area contributed by atoms with Crippen molar-refractivity contribution in [1.29, 1.82) is 0 Å². The highest BCUT2D eigenvalue weighted by molar-refractivity contribution is 5.27. The van der Waals surface area contributed by atoms with E-state index >= 15 is 0 Å². The Hall–Kier alpha value is -0.890. The first kappa shape index (κ1) is 15.0. The molecule has 116 valence electrons. The van der Waals surface area contributed by atoms with E-state index in [1.54, 1.807) is 12.1 Å². The van der Waals surface area contributed by atoms with Crippen LogP contribution in [0.4, 0.5) is 4.39 Å². The van der Waals surface area contributed by atoms with Gasteiger partial charge in [0.05, 0.1) is 0 Å². The molecule has 0 spiro atoms. The fourth-order valence-corrected chi connectivity index (χ4v) is 4.62. The van der Waals surface area contributed by atoms with Gasteiger partial charge in [-0.1, -0.05) is 19.4 Å². The van der Waals surface area contributed by atoms with Gasteiger partial charge in [-0.3, -0.25) is 0 Å². The lowest BCUT2D eigenvalue weighted by Crippen LogP contribution is -2.41. The van der Waals surface area contributed by atoms with Gasteiger partial charge in [-0.15, -0.1) is 0 Å². The lowest BCUT2D eigenvalue weighted by molar-refractivity contribution is 0.246. The van der Waals surface area contributed by atoms with Gasteiger partial charge in [-0.25, -0.2) is 4.39 Å². The second-order valence-corrected chi connectivity index (χ2v) is 7.17. The molecule has 1 aromatic carbocycles. The van der Waals surface area contributed by atoms with Crippen LogP contribution in [0.1, 0.15) is 50.2 Å². The predicted molar refractivity (Wildman–Crippen MR) is 85.9 cm³/mol. The summed E-state index contributed by atoms with van der Waals surface area (Å²) in [6.07, 6.45) is 7.99. The van der Waals surface area contributed by atoms with Gasteiger partial charge in [-0.2, -0.15) is 0 Å². The molecule has 1 aromatic rings. The van der Waals surface area contributed by atoms with E-state index in [1.165, 1.54) is 37.7 Å². The lowest BCUT2D eigenvalue weighted by Gasteiger charge is -2.32. The number of aryl methyl sites for hydroxylation is 1. The van der Waals surface area contributed by atoms with Gasteiger partial charge in [0.15, 0.2) is 0 Å². The van der Waals surface area contributed by atoms with Gasteiger partial charge in [-0.05, 0) is 86.6 Å². The number of hydrogen-bond acceptors (Lipinski definition) is 1. The number of halogens is 1. The summed E-state index contributed by atoms with van der Waals surface area (Å²) in [6.45, 7) is 5.36. The topological polar surface area (TPSA) is 12.0 Å². The third-order valence-corrected chi connectivity index (χ3v) is 5.71. The molecule has 0 saturated heterocycles. The van der Waals surface area contributed by atoms with Crippen molar-refractivity contribution in [3.8, 4) is 0 Å². The largest absolute Gasteiger partial charge is 0.313 e. The van der Waals surface area contributed by atoms with Crippen LogP contribution in [0.25, 0.3) is 0 Å². The van der Waals surface area contributed by atoms with E-state index in [-0.39, 0.29) is 5.82 Å². The molecule has 0 radical (unpaired) electrons. The van der Waals surface area contributed by atoms with Crippen LogP contribution in [0.15, 0.2) is 18.2 Å². The van der Waals surface area contributed by atoms with Crippen LogP contribution in [0, 0.1) is 30.5 Å². The van der Waals surface area contributed by atoms with E-state index < -0.39 is 0 Å². The van der Waals surface area contributed by atoms with Crippen LogP contribution >= 0.6 is 0 Å². The number of rotatable bonds is 6. The van der Waals surface area contributed by atoms with Gasteiger partial charge in [0.25, 0.3) is 0 Å². The van der Waals surface area contributed by atoms with E-state index in [0.29, 0.717) is 6.04 Å². The maximum absolute atomic E-state index is 13.3. The minimum absolute atomic E-state index is 0.116. The van der Waals surface area contributed by atoms with Gasteiger partial charge < -0.3 is 5.32 Å². The van der Waals surface area contributed by atoms with Crippen LogP contribution in [0.5, 0.6) is 0 Å². The molecule has 3 rings (SSSR count). The molecule has 0 aliphatic heterocycles. The van der Waals surface area contributed by atoms with Crippen LogP contribution in [0.3, 0.4) is 0 Å². The third kappa shape index (κ3) is 3.31. The summed E-state index contributed by atoms with van der Waals surface area (Å²) in [5.74, 6) is 2.64. The zero-order valence-corrected chi connectivity index (χ0v) is 13.4. The van der Waals surface area contributed by atoms with Gasteiger partial charge in [0.1, 0.15) is 5.82 Å². The van der Waals surface area contributed by atoms with Crippen LogP contribution in [-0.4, -0.2) is 12.6 Å². The standard InChI is InChI=1S/C19H28FN/c1-3-8-21-19(18-11-14-4-5-16(18)10-14)12-15-6-7-17(20)9-13(15)2/h6-7,9,14,16,18-19,21H,3-5,8,10-12H2,1-2H3. The monoisotopic (exact) mass is 289 g/mol. The highest BCUT2D eigenvalue weighted by atomic mass is 19.1. The van der Waals surface area contributed by atoms with E-state index in [2.05, 4.69) is 12.2 Å². The minimum atomic E-state index is -0.116. The molecule has 2 aliphatic carbocycles. The first-order chi connectivity index (χ1) is 10.2. The van der Waals surface area contributed by atoms with Crippen LogP contribution < -0.4 is 5.32 Å². The predicted octanol–water partition coefficient (Wildman–Crippen LogP) is 4.48. The lowest BCUT2D eigenvalue weighted by atomic mass is 9.80. The van der Waals surface area contributed by atoms with Gasteiger partial charge >= 0.3 is 0 Å². The van der Waals surface area contributed by atoms with Crippen LogP contribution in [-0.2, 0) is 6.42 Å². The summed E-state index contributed by atoms with van der Waals surface area (Å²) in [6, 6.07) is 5.84. The summed E-state index contributed by atoms with van der Waals surface area (Å²) < 4.78 is 13.3. The molecule has 2 aliphatic rings. The quantitative estimate of drug-likeness (QED) is 0.814. The normalized spacial score (nSPS) is 29.0. The van der Waals surface area contributed by atoms with Crippen molar-refractivity contribution in [1.82, 2.24) is 5.32 Å². The number of fused-ring (bicyclic) bond motifs is 2. The molecular formula is C19H28FN. The Labute approximate surface area is 128 Å². The Bertz CT molecular complexity index is 484. The van der Waals surface area contributed by atoms with Gasteiger partial charge in [0.2, 0.25) is 0 Å². The molecule has 21 heavy (non-hydrogen) atoms. The van der Waals surface area contributed by atoms with Crippen molar-refractivity contribution in [3.63, 3.8) is 0 Å². The molecule has 0 aromatic heterocycles. The minimum Gasteiger partial charge on any atom is -0.313 e. The second kappa shape index (κ2) is 6.48. The molecule has 4 atom stereocenters. The van der Waals surface area contributed by atoms with Crippen molar-refractivity contribution >= 4 is 0 Å². The maximum atomic E-state index is 13.3. The number of hydrogen-bond donors (Lipinski definition) is 1. The van der Waals surface area contributed by atoms with E-state index in [9.17, 15) is 4.39 Å². The molecule has 1 nitrogen and oxygen atoms in total. The Balaban J connectivity index is 1.73. The summed E-state index contributed by atoms with van der Waals surface area (Å²) in [5.41, 5.74) is 2.41. The first-order valence-corrected chi connectivity index (χ1v) is 8.65.